The maximum Gasteiger partial charge on any atom is 0.215 e. The Balaban J connectivity index is 0.00000200. The first-order valence-electron chi connectivity index (χ1n) is 5.75. The highest BCUT2D eigenvalue weighted by Crippen LogP contribution is 2.24. The smallest absolute Gasteiger partial charge is 0.215 e. The molecular formula is C15H13FO3. The normalized spacial score (nSPS) is 15.6. The third-order valence-corrected chi connectivity index (χ3v) is 2.89. The van der Waals surface area contributed by atoms with Crippen LogP contribution < -0.4 is 0 Å². The van der Waals surface area contributed by atoms with Crippen LogP contribution in [-0.2, 0) is 9.59 Å². The molecule has 0 N–H and O–H groups in total. The van der Waals surface area contributed by atoms with Gasteiger partial charge in [0.25, 0.3) is 0 Å². The van der Waals surface area contributed by atoms with Crippen LogP contribution in [0.25, 0.3) is 0 Å². The molecular weight excluding hydrogens is 247 g/mol. The summed E-state index contributed by atoms with van der Waals surface area (Å²) in [6.07, 6.45) is 0.555. The van der Waals surface area contributed by atoms with Gasteiger partial charge in [-0.05, 0) is 13.0 Å². The van der Waals surface area contributed by atoms with Gasteiger partial charge in [0.15, 0.2) is 17.4 Å². The average Bonchev–Trinajstić information content (AvgIpc) is 2.42. The molecule has 1 aromatic carbocycles. The summed E-state index contributed by atoms with van der Waals surface area (Å²) in [4.78, 5) is 35.0. The maximum atomic E-state index is 13.7. The summed E-state index contributed by atoms with van der Waals surface area (Å²) < 4.78 is 13.7. The number of carbonyl (C=O) groups excluding carboxylic acids is 3. The summed E-state index contributed by atoms with van der Waals surface area (Å²) in [5, 5.41) is 0. The van der Waals surface area contributed by atoms with E-state index in [-0.39, 0.29) is 18.4 Å². The van der Waals surface area contributed by atoms with E-state index in [4.69, 9.17) is 0 Å². The number of carbonyl (C=O) groups is 3. The van der Waals surface area contributed by atoms with E-state index in [1.165, 1.54) is 6.92 Å². The Bertz CT molecular complexity index is 630. The lowest BCUT2D eigenvalue weighted by Gasteiger charge is -2.11. The van der Waals surface area contributed by atoms with Crippen molar-refractivity contribution >= 4 is 17.3 Å². The van der Waals surface area contributed by atoms with Crippen molar-refractivity contribution in [2.24, 2.45) is 0 Å². The molecule has 4 heteroatoms. The van der Waals surface area contributed by atoms with Crippen molar-refractivity contribution in [2.45, 2.75) is 13.3 Å². The quantitative estimate of drug-likeness (QED) is 0.620. The topological polar surface area (TPSA) is 51.2 Å². The summed E-state index contributed by atoms with van der Waals surface area (Å²) in [5.41, 5.74) is 0.191. The molecule has 3 nitrogen and oxygen atoms in total. The zero-order valence-electron chi connectivity index (χ0n) is 10.3. The fraction of sp³-hybridized carbons (Fsp3) is 0.133. The van der Waals surface area contributed by atoms with Gasteiger partial charge >= 0.3 is 0 Å². The molecule has 0 heterocycles. The second-order valence-electron chi connectivity index (χ2n) is 4.28. The predicted molar refractivity (Wildman–Crippen MR) is 69.4 cm³/mol. The summed E-state index contributed by atoms with van der Waals surface area (Å²) in [6.45, 7) is 1.43. The van der Waals surface area contributed by atoms with Crippen molar-refractivity contribution in [1.82, 2.24) is 0 Å². The average molecular weight is 260 g/mol. The Labute approximate surface area is 110 Å². The Hall–Kier alpha value is -2.36. The molecule has 0 amide bonds. The van der Waals surface area contributed by atoms with Gasteiger partial charge in [-0.15, -0.1) is 0 Å². The molecule has 0 fully saturated rings. The lowest BCUT2D eigenvalue weighted by Crippen LogP contribution is -2.18. The third-order valence-electron chi connectivity index (χ3n) is 2.89. The van der Waals surface area contributed by atoms with E-state index in [1.807, 2.05) is 0 Å². The zero-order chi connectivity index (χ0) is 14.0. The van der Waals surface area contributed by atoms with Gasteiger partial charge < -0.3 is 0 Å². The zero-order valence-corrected chi connectivity index (χ0v) is 10.3. The number of hydrogen-bond acceptors (Lipinski definition) is 3. The van der Waals surface area contributed by atoms with Crippen LogP contribution in [0.3, 0.4) is 0 Å². The van der Waals surface area contributed by atoms with E-state index >= 15 is 0 Å². The highest BCUT2D eigenvalue weighted by Gasteiger charge is 2.28. The molecule has 98 valence electrons. The van der Waals surface area contributed by atoms with Gasteiger partial charge in [0.1, 0.15) is 0 Å². The van der Waals surface area contributed by atoms with Crippen LogP contribution in [0.1, 0.15) is 25.1 Å². The van der Waals surface area contributed by atoms with E-state index in [0.29, 0.717) is 5.56 Å². The van der Waals surface area contributed by atoms with Crippen LogP contribution in [0.4, 0.5) is 4.39 Å². The first-order valence-corrected chi connectivity index (χ1v) is 5.75. The van der Waals surface area contributed by atoms with E-state index in [0.717, 1.165) is 6.08 Å². The van der Waals surface area contributed by atoms with Crippen LogP contribution >= 0.6 is 0 Å². The highest BCUT2D eigenvalue weighted by molar-refractivity contribution is 6.23. The summed E-state index contributed by atoms with van der Waals surface area (Å²) >= 11 is 0. The molecule has 0 radical (unpaired) electrons. The maximum absolute atomic E-state index is 13.7. The van der Waals surface area contributed by atoms with Gasteiger partial charge in [0, 0.05) is 24.6 Å². The fourth-order valence-corrected chi connectivity index (χ4v) is 1.86. The summed E-state index contributed by atoms with van der Waals surface area (Å²) in [6, 6.07) is 8.27. The van der Waals surface area contributed by atoms with Gasteiger partial charge in [0.2, 0.25) is 5.78 Å². The standard InChI is InChI=1S/C15H11FO3.H2/c1-9-7-13(18)14(16)11(15(9)19)8-12(17)10-5-3-2-4-6-10;/h2-7H,8H2,1H3;1H. The van der Waals surface area contributed by atoms with E-state index < -0.39 is 23.8 Å². The fourth-order valence-electron chi connectivity index (χ4n) is 1.86. The second kappa shape index (κ2) is 5.10. The largest absolute Gasteiger partial charge is 0.294 e. The molecule has 0 aromatic heterocycles. The molecule has 0 aliphatic heterocycles. The van der Waals surface area contributed by atoms with Gasteiger partial charge in [-0.3, -0.25) is 14.4 Å². The number of halogens is 1. The molecule has 1 aliphatic carbocycles. The molecule has 1 aromatic rings. The minimum atomic E-state index is -1.13. The second-order valence-corrected chi connectivity index (χ2v) is 4.28. The van der Waals surface area contributed by atoms with Crippen LogP contribution in [0, 0.1) is 0 Å². The van der Waals surface area contributed by atoms with Crippen molar-refractivity contribution in [2.75, 3.05) is 0 Å². The molecule has 19 heavy (non-hydrogen) atoms. The first-order chi connectivity index (χ1) is 9.00. The number of hydrogen-bond donors (Lipinski definition) is 0. The van der Waals surface area contributed by atoms with Gasteiger partial charge in [-0.25, -0.2) is 4.39 Å². The van der Waals surface area contributed by atoms with Crippen LogP contribution in [-0.4, -0.2) is 17.3 Å². The molecule has 1 aliphatic rings. The SMILES string of the molecule is CC1=CC(=O)C(F)=C(CC(=O)c2ccccc2)C1=O.[HH]. The van der Waals surface area contributed by atoms with Crippen molar-refractivity contribution in [3.05, 3.63) is 58.9 Å². The minimum absolute atomic E-state index is 0. The number of rotatable bonds is 3. The van der Waals surface area contributed by atoms with E-state index in [9.17, 15) is 18.8 Å². The third kappa shape index (κ3) is 2.57. The van der Waals surface area contributed by atoms with Gasteiger partial charge in [-0.2, -0.15) is 0 Å². The van der Waals surface area contributed by atoms with Crippen molar-refractivity contribution in [1.29, 1.82) is 0 Å². The summed E-state index contributed by atoms with van der Waals surface area (Å²) in [7, 11) is 0. The van der Waals surface area contributed by atoms with Crippen molar-refractivity contribution < 1.29 is 20.2 Å². The van der Waals surface area contributed by atoms with Gasteiger partial charge in [-0.1, -0.05) is 30.3 Å². The Kier molecular flexibility index (Phi) is 3.51. The van der Waals surface area contributed by atoms with E-state index in [1.54, 1.807) is 30.3 Å². The molecule has 0 atom stereocenters. The highest BCUT2D eigenvalue weighted by atomic mass is 19.1. The van der Waals surface area contributed by atoms with Crippen molar-refractivity contribution in [3.63, 3.8) is 0 Å². The van der Waals surface area contributed by atoms with Gasteiger partial charge in [0.05, 0.1) is 0 Å². The lowest BCUT2D eigenvalue weighted by atomic mass is 9.91. The van der Waals surface area contributed by atoms with E-state index in [2.05, 4.69) is 0 Å². The number of ketones is 3. The summed E-state index contributed by atoms with van der Waals surface area (Å²) in [5.74, 6) is -2.95. The van der Waals surface area contributed by atoms with Crippen molar-refractivity contribution in [3.8, 4) is 0 Å². The Morgan fingerprint density at radius 1 is 1.21 bits per heavy atom. The lowest BCUT2D eigenvalue weighted by molar-refractivity contribution is -0.116. The number of benzene rings is 1. The Morgan fingerprint density at radius 3 is 2.47 bits per heavy atom. The van der Waals surface area contributed by atoms with Crippen LogP contribution in [0.15, 0.2) is 53.4 Å². The number of Topliss-reactive ketones (excluding diaryl/α,β-unsaturated/α-hetero) is 2. The van der Waals surface area contributed by atoms with Crippen LogP contribution in [0.5, 0.6) is 0 Å². The molecule has 0 bridgehead atoms. The molecule has 0 spiro atoms. The predicted octanol–water partition coefficient (Wildman–Crippen LogP) is 2.83. The molecule has 0 saturated carbocycles. The first kappa shape index (κ1) is 13.1. The Morgan fingerprint density at radius 2 is 1.84 bits per heavy atom. The number of allylic oxidation sites excluding steroid dienone is 4. The molecule has 2 rings (SSSR count). The minimum Gasteiger partial charge on any atom is -0.294 e. The van der Waals surface area contributed by atoms with Crippen LogP contribution in [0.2, 0.25) is 0 Å². The monoisotopic (exact) mass is 260 g/mol. The molecule has 0 saturated heterocycles. The molecule has 0 unspecified atom stereocenters.